The number of amides is 1. The Kier molecular flexibility index (Phi) is 4.80. The van der Waals surface area contributed by atoms with Crippen molar-refractivity contribution in [3.8, 4) is 0 Å². The van der Waals surface area contributed by atoms with Crippen LogP contribution in [0, 0.1) is 0 Å². The molecule has 0 aromatic carbocycles. The van der Waals surface area contributed by atoms with Crippen LogP contribution in [0.15, 0.2) is 0 Å². The summed E-state index contributed by atoms with van der Waals surface area (Å²) in [5, 5.41) is 0. The minimum atomic E-state index is -0.226. The molecule has 0 spiro atoms. The van der Waals surface area contributed by atoms with Crippen LogP contribution < -0.4 is 0 Å². The summed E-state index contributed by atoms with van der Waals surface area (Å²) in [7, 11) is 0. The van der Waals surface area contributed by atoms with Crippen molar-refractivity contribution in [2.24, 2.45) is 0 Å². The highest BCUT2D eigenvalue weighted by Gasteiger charge is 2.38. The van der Waals surface area contributed by atoms with Gasteiger partial charge in [-0.2, -0.15) is 0 Å². The average Bonchev–Trinajstić information content (AvgIpc) is 3.08. The van der Waals surface area contributed by atoms with Crippen molar-refractivity contribution < 1.29 is 14.3 Å². The Hall–Kier alpha value is -1.10. The second-order valence-corrected chi connectivity index (χ2v) is 5.42. The third kappa shape index (κ3) is 3.69. The Labute approximate surface area is 114 Å². The molecule has 0 N–H and O–H groups in total. The van der Waals surface area contributed by atoms with Gasteiger partial charge in [-0.1, -0.05) is 0 Å². The molecule has 19 heavy (non-hydrogen) atoms. The predicted octanol–water partition coefficient (Wildman–Crippen LogP) is 1.02. The van der Waals surface area contributed by atoms with Crippen LogP contribution >= 0.6 is 0 Å². The van der Waals surface area contributed by atoms with E-state index in [2.05, 4.69) is 0 Å². The van der Waals surface area contributed by atoms with Crippen molar-refractivity contribution in [2.45, 2.75) is 51.6 Å². The number of carbonyl (C=O) groups excluding carboxylic acids is 2. The average molecular weight is 268 g/mol. The van der Waals surface area contributed by atoms with Crippen LogP contribution in [0.1, 0.15) is 39.5 Å². The van der Waals surface area contributed by atoms with Gasteiger partial charge in [-0.3, -0.25) is 14.5 Å². The van der Waals surface area contributed by atoms with E-state index in [1.807, 2.05) is 16.7 Å². The first kappa shape index (κ1) is 14.3. The summed E-state index contributed by atoms with van der Waals surface area (Å²) in [5.74, 6) is -0.0656. The number of ether oxygens (including phenoxy) is 1. The second-order valence-electron chi connectivity index (χ2n) is 5.42. The maximum absolute atomic E-state index is 12.4. The number of carbonyl (C=O) groups is 2. The fraction of sp³-hybridized carbons (Fsp3) is 0.857. The molecule has 1 saturated heterocycles. The molecule has 1 heterocycles. The first-order valence-corrected chi connectivity index (χ1v) is 7.33. The summed E-state index contributed by atoms with van der Waals surface area (Å²) in [6, 6.07) is 0.168. The molecule has 1 saturated carbocycles. The van der Waals surface area contributed by atoms with Crippen LogP contribution in [0.25, 0.3) is 0 Å². The van der Waals surface area contributed by atoms with Gasteiger partial charge in [0.15, 0.2) is 0 Å². The summed E-state index contributed by atoms with van der Waals surface area (Å²) in [6.45, 7) is 6.07. The molecule has 0 aromatic rings. The molecule has 0 aromatic heterocycles. The van der Waals surface area contributed by atoms with Crippen LogP contribution in [0.4, 0.5) is 0 Å². The van der Waals surface area contributed by atoms with Gasteiger partial charge in [-0.05, 0) is 39.5 Å². The maximum Gasteiger partial charge on any atom is 0.320 e. The van der Waals surface area contributed by atoms with Gasteiger partial charge in [0.2, 0.25) is 5.91 Å². The number of hydrogen-bond donors (Lipinski definition) is 0. The molecule has 1 aliphatic heterocycles. The molecule has 1 unspecified atom stereocenters. The van der Waals surface area contributed by atoms with Crippen molar-refractivity contribution in [1.82, 2.24) is 9.80 Å². The van der Waals surface area contributed by atoms with Crippen molar-refractivity contribution in [2.75, 3.05) is 26.2 Å². The van der Waals surface area contributed by atoms with E-state index < -0.39 is 0 Å². The zero-order chi connectivity index (χ0) is 13.8. The minimum Gasteiger partial charge on any atom is -0.465 e. The first-order chi connectivity index (χ1) is 9.13. The summed E-state index contributed by atoms with van der Waals surface area (Å²) in [4.78, 5) is 28.0. The highest BCUT2D eigenvalue weighted by Crippen LogP contribution is 2.29. The smallest absolute Gasteiger partial charge is 0.320 e. The maximum atomic E-state index is 12.4. The normalized spacial score (nSPS) is 20.7. The molecular formula is C14H24N2O3. The zero-order valence-corrected chi connectivity index (χ0v) is 11.9. The van der Waals surface area contributed by atoms with E-state index in [1.54, 1.807) is 6.92 Å². The minimum absolute atomic E-state index is 0.161. The fourth-order valence-electron chi connectivity index (χ4n) is 2.69. The van der Waals surface area contributed by atoms with E-state index in [-0.39, 0.29) is 24.5 Å². The highest BCUT2D eigenvalue weighted by molar-refractivity contribution is 5.82. The topological polar surface area (TPSA) is 49.9 Å². The van der Waals surface area contributed by atoms with Gasteiger partial charge in [0.1, 0.15) is 0 Å². The van der Waals surface area contributed by atoms with Crippen LogP contribution in [-0.4, -0.2) is 60.0 Å². The van der Waals surface area contributed by atoms with Gasteiger partial charge >= 0.3 is 5.97 Å². The molecule has 5 heteroatoms. The Bertz CT molecular complexity index is 336. The van der Waals surface area contributed by atoms with Crippen molar-refractivity contribution in [1.29, 1.82) is 0 Å². The molecule has 0 bridgehead atoms. The second kappa shape index (κ2) is 6.37. The highest BCUT2D eigenvalue weighted by atomic mass is 16.5. The Morgan fingerprint density at radius 1 is 1.32 bits per heavy atom. The standard InChI is InChI=1S/C14H24N2O3/c1-3-19-13(17)10-16(12-6-7-12)11(2)14(18)15-8-4-5-9-15/h11-12H,3-10H2,1-2H3. The van der Waals surface area contributed by atoms with E-state index in [4.69, 9.17) is 4.74 Å². The first-order valence-electron chi connectivity index (χ1n) is 7.33. The van der Waals surface area contributed by atoms with Gasteiger partial charge in [-0.15, -0.1) is 0 Å². The molecule has 2 aliphatic rings. The molecule has 1 atom stereocenters. The molecule has 108 valence electrons. The van der Waals surface area contributed by atoms with Gasteiger partial charge in [0, 0.05) is 19.1 Å². The molecular weight excluding hydrogens is 244 g/mol. The SMILES string of the molecule is CCOC(=O)CN(C1CC1)C(C)C(=O)N1CCCC1. The Balaban J connectivity index is 1.93. The lowest BCUT2D eigenvalue weighted by molar-refractivity contribution is -0.147. The molecule has 0 radical (unpaired) electrons. The lowest BCUT2D eigenvalue weighted by atomic mass is 10.2. The fourth-order valence-corrected chi connectivity index (χ4v) is 2.69. The molecule has 1 amide bonds. The largest absolute Gasteiger partial charge is 0.465 e. The summed E-state index contributed by atoms with van der Waals surface area (Å²) in [6.07, 6.45) is 4.35. The monoisotopic (exact) mass is 268 g/mol. The Morgan fingerprint density at radius 2 is 1.95 bits per heavy atom. The van der Waals surface area contributed by atoms with Gasteiger partial charge in [0.05, 0.1) is 19.2 Å². The van der Waals surface area contributed by atoms with E-state index in [0.29, 0.717) is 12.6 Å². The summed E-state index contributed by atoms with van der Waals surface area (Å²) < 4.78 is 5.00. The summed E-state index contributed by atoms with van der Waals surface area (Å²) in [5.41, 5.74) is 0. The van der Waals surface area contributed by atoms with Crippen LogP contribution in [0.3, 0.4) is 0 Å². The van der Waals surface area contributed by atoms with E-state index in [0.717, 1.165) is 38.8 Å². The van der Waals surface area contributed by atoms with Crippen LogP contribution in [0.5, 0.6) is 0 Å². The third-order valence-corrected chi connectivity index (χ3v) is 3.91. The summed E-state index contributed by atoms with van der Waals surface area (Å²) >= 11 is 0. The molecule has 5 nitrogen and oxygen atoms in total. The van der Waals surface area contributed by atoms with Crippen LogP contribution in [0.2, 0.25) is 0 Å². The third-order valence-electron chi connectivity index (χ3n) is 3.91. The van der Waals surface area contributed by atoms with Crippen molar-refractivity contribution in [3.63, 3.8) is 0 Å². The number of likely N-dealkylation sites (tertiary alicyclic amines) is 1. The number of hydrogen-bond acceptors (Lipinski definition) is 4. The molecule has 2 fully saturated rings. The molecule has 1 aliphatic carbocycles. The van der Waals surface area contributed by atoms with Crippen molar-refractivity contribution >= 4 is 11.9 Å². The zero-order valence-electron chi connectivity index (χ0n) is 11.9. The molecule has 2 rings (SSSR count). The predicted molar refractivity (Wildman–Crippen MR) is 71.6 cm³/mol. The quantitative estimate of drug-likeness (QED) is 0.675. The number of rotatable bonds is 6. The van der Waals surface area contributed by atoms with Gasteiger partial charge in [-0.25, -0.2) is 0 Å². The van der Waals surface area contributed by atoms with Gasteiger partial charge < -0.3 is 9.64 Å². The van der Waals surface area contributed by atoms with E-state index in [1.165, 1.54) is 0 Å². The lowest BCUT2D eigenvalue weighted by Crippen LogP contribution is -2.49. The van der Waals surface area contributed by atoms with E-state index >= 15 is 0 Å². The number of nitrogens with zero attached hydrogens (tertiary/aromatic N) is 2. The van der Waals surface area contributed by atoms with E-state index in [9.17, 15) is 9.59 Å². The van der Waals surface area contributed by atoms with Crippen LogP contribution in [-0.2, 0) is 14.3 Å². The number of esters is 1. The lowest BCUT2D eigenvalue weighted by Gasteiger charge is -2.30. The Morgan fingerprint density at radius 3 is 2.47 bits per heavy atom. The van der Waals surface area contributed by atoms with Gasteiger partial charge in [0.25, 0.3) is 0 Å². The van der Waals surface area contributed by atoms with Crippen molar-refractivity contribution in [3.05, 3.63) is 0 Å².